The predicted octanol–water partition coefficient (Wildman–Crippen LogP) is 0.209. The molecule has 0 saturated heterocycles. The zero-order chi connectivity index (χ0) is 15.1. The minimum absolute atomic E-state index is 0.0463. The average molecular weight is 282 g/mol. The third kappa shape index (κ3) is 4.12. The van der Waals surface area contributed by atoms with Crippen molar-refractivity contribution in [2.75, 3.05) is 13.2 Å². The van der Waals surface area contributed by atoms with Crippen LogP contribution >= 0.6 is 0 Å². The van der Waals surface area contributed by atoms with E-state index in [1.165, 1.54) is 24.3 Å². The van der Waals surface area contributed by atoms with E-state index in [-0.39, 0.29) is 25.2 Å². The van der Waals surface area contributed by atoms with Crippen LogP contribution in [0.25, 0.3) is 0 Å². The molecule has 0 aromatic heterocycles. The van der Waals surface area contributed by atoms with Gasteiger partial charge < -0.3 is 20.1 Å². The van der Waals surface area contributed by atoms with Gasteiger partial charge in [-0.1, -0.05) is 24.3 Å². The van der Waals surface area contributed by atoms with Gasteiger partial charge in [-0.2, -0.15) is 0 Å². The van der Waals surface area contributed by atoms with Crippen LogP contribution in [0.3, 0.4) is 0 Å². The maximum Gasteiger partial charge on any atom is 0.379 e. The van der Waals surface area contributed by atoms with Crippen molar-refractivity contribution < 1.29 is 29.6 Å². The molecule has 0 bridgehead atoms. The van der Waals surface area contributed by atoms with Gasteiger partial charge in [0.1, 0.15) is 6.10 Å². The van der Waals surface area contributed by atoms with Crippen molar-refractivity contribution in [3.8, 4) is 0 Å². The van der Waals surface area contributed by atoms with Gasteiger partial charge in [-0.3, -0.25) is 4.79 Å². The van der Waals surface area contributed by atoms with Crippen LogP contribution in [-0.4, -0.2) is 46.4 Å². The number of aliphatic hydroxyl groups is 3. The summed E-state index contributed by atoms with van der Waals surface area (Å²) in [4.78, 5) is 22.9. The number of Topliss-reactive ketones (excluding diaryl/α,β-unsaturated/α-hetero) is 1. The van der Waals surface area contributed by atoms with Crippen molar-refractivity contribution in [1.82, 2.24) is 0 Å². The molecule has 0 amide bonds. The summed E-state index contributed by atoms with van der Waals surface area (Å²) >= 11 is 0. The number of aliphatic hydroxyl groups excluding tert-OH is 3. The predicted molar refractivity (Wildman–Crippen MR) is 70.1 cm³/mol. The van der Waals surface area contributed by atoms with Crippen LogP contribution in [0.5, 0.6) is 0 Å². The van der Waals surface area contributed by atoms with E-state index < -0.39 is 24.0 Å². The quantitative estimate of drug-likeness (QED) is 0.375. The number of hydrogen-bond donors (Lipinski definition) is 3. The number of ether oxygens (including phenoxy) is 1. The van der Waals surface area contributed by atoms with Gasteiger partial charge in [-0.25, -0.2) is 4.79 Å². The van der Waals surface area contributed by atoms with Gasteiger partial charge >= 0.3 is 5.97 Å². The Balaban J connectivity index is 2.78. The number of hydrogen-bond acceptors (Lipinski definition) is 6. The fraction of sp³-hybridized carbons (Fsp3) is 0.429. The number of benzene rings is 1. The number of carbonyl (C=O) groups excluding carboxylic acids is 2. The molecule has 0 fully saturated rings. The van der Waals surface area contributed by atoms with Crippen molar-refractivity contribution in [2.24, 2.45) is 0 Å². The number of rotatable bonds is 7. The summed E-state index contributed by atoms with van der Waals surface area (Å²) in [5.41, 5.74) is 0.544. The molecule has 1 rings (SSSR count). The summed E-state index contributed by atoms with van der Waals surface area (Å²) < 4.78 is 4.60. The Labute approximate surface area is 116 Å². The summed E-state index contributed by atoms with van der Waals surface area (Å²) in [6.45, 7) is 1.49. The summed E-state index contributed by atoms with van der Waals surface area (Å²) in [5.74, 6) is -1.69. The van der Waals surface area contributed by atoms with Gasteiger partial charge in [0.05, 0.1) is 12.7 Å². The number of carbonyl (C=O) groups is 2. The second-order valence-corrected chi connectivity index (χ2v) is 4.20. The standard InChI is InChI=1S/C14H18O6/c1-2-20-14(19)13(18)10-5-3-9(4-6-10)12(17)11(16)7-8-15/h3-6,11-12,15-17H,2,7-8H2,1H3. The van der Waals surface area contributed by atoms with Crippen LogP contribution in [-0.2, 0) is 9.53 Å². The second-order valence-electron chi connectivity index (χ2n) is 4.20. The van der Waals surface area contributed by atoms with Gasteiger partial charge in [-0.15, -0.1) is 0 Å². The largest absolute Gasteiger partial charge is 0.460 e. The molecule has 110 valence electrons. The third-order valence-corrected chi connectivity index (χ3v) is 2.76. The lowest BCUT2D eigenvalue weighted by molar-refractivity contribution is -0.137. The molecule has 1 aromatic carbocycles. The zero-order valence-corrected chi connectivity index (χ0v) is 11.2. The average Bonchev–Trinajstić information content (AvgIpc) is 2.46. The van der Waals surface area contributed by atoms with Gasteiger partial charge in [0.15, 0.2) is 0 Å². The lowest BCUT2D eigenvalue weighted by Gasteiger charge is -2.17. The van der Waals surface area contributed by atoms with E-state index in [9.17, 15) is 19.8 Å². The Bertz CT molecular complexity index is 453. The fourth-order valence-corrected chi connectivity index (χ4v) is 1.66. The molecule has 2 unspecified atom stereocenters. The Hall–Kier alpha value is -1.76. The SMILES string of the molecule is CCOC(=O)C(=O)c1ccc(C(O)C(O)CCO)cc1. The maximum atomic E-state index is 11.6. The Morgan fingerprint density at radius 1 is 1.20 bits per heavy atom. The number of esters is 1. The topological polar surface area (TPSA) is 104 Å². The first-order chi connectivity index (χ1) is 9.51. The lowest BCUT2D eigenvalue weighted by Crippen LogP contribution is -2.20. The molecule has 0 aliphatic rings. The Morgan fingerprint density at radius 3 is 2.30 bits per heavy atom. The summed E-state index contributed by atoms with van der Waals surface area (Å²) in [7, 11) is 0. The monoisotopic (exact) mass is 282 g/mol. The highest BCUT2D eigenvalue weighted by Gasteiger charge is 2.20. The highest BCUT2D eigenvalue weighted by molar-refractivity contribution is 6.40. The van der Waals surface area contributed by atoms with Crippen LogP contribution in [0.1, 0.15) is 35.4 Å². The molecule has 6 nitrogen and oxygen atoms in total. The highest BCUT2D eigenvalue weighted by atomic mass is 16.5. The van der Waals surface area contributed by atoms with E-state index in [4.69, 9.17) is 5.11 Å². The summed E-state index contributed by atoms with van der Waals surface area (Å²) in [6.07, 6.45) is -2.20. The summed E-state index contributed by atoms with van der Waals surface area (Å²) in [6, 6.07) is 5.64. The molecule has 2 atom stereocenters. The first-order valence-electron chi connectivity index (χ1n) is 6.29. The van der Waals surface area contributed by atoms with Crippen molar-refractivity contribution in [3.05, 3.63) is 35.4 Å². The smallest absolute Gasteiger partial charge is 0.379 e. The van der Waals surface area contributed by atoms with Crippen LogP contribution in [0, 0.1) is 0 Å². The Kier molecular flexibility index (Phi) is 6.30. The van der Waals surface area contributed by atoms with Gasteiger partial charge in [-0.05, 0) is 18.9 Å². The summed E-state index contributed by atoms with van der Waals surface area (Å²) in [5, 5.41) is 28.1. The van der Waals surface area contributed by atoms with Gasteiger partial charge in [0, 0.05) is 12.2 Å². The molecule has 0 aliphatic heterocycles. The van der Waals surface area contributed by atoms with Crippen LogP contribution in [0.15, 0.2) is 24.3 Å². The van der Waals surface area contributed by atoms with Gasteiger partial charge in [0.2, 0.25) is 0 Å². The normalized spacial score (nSPS) is 13.6. The van der Waals surface area contributed by atoms with Crippen molar-refractivity contribution >= 4 is 11.8 Å². The zero-order valence-electron chi connectivity index (χ0n) is 11.2. The molecule has 3 N–H and O–H groups in total. The van der Waals surface area contributed by atoms with E-state index >= 15 is 0 Å². The Morgan fingerprint density at radius 2 is 1.80 bits per heavy atom. The first-order valence-corrected chi connectivity index (χ1v) is 6.29. The lowest BCUT2D eigenvalue weighted by atomic mass is 10.00. The molecule has 1 aromatic rings. The van der Waals surface area contributed by atoms with E-state index in [0.29, 0.717) is 5.56 Å². The van der Waals surface area contributed by atoms with Crippen molar-refractivity contribution in [3.63, 3.8) is 0 Å². The maximum absolute atomic E-state index is 11.6. The molecule has 0 radical (unpaired) electrons. The molecule has 0 spiro atoms. The molecule has 0 aliphatic carbocycles. The molecular formula is C14H18O6. The van der Waals surface area contributed by atoms with Gasteiger partial charge in [0.25, 0.3) is 5.78 Å². The van der Waals surface area contributed by atoms with E-state index in [1.807, 2.05) is 0 Å². The van der Waals surface area contributed by atoms with Crippen molar-refractivity contribution in [2.45, 2.75) is 25.6 Å². The minimum atomic E-state index is -1.16. The van der Waals surface area contributed by atoms with E-state index in [0.717, 1.165) is 0 Å². The highest BCUT2D eigenvalue weighted by Crippen LogP contribution is 2.19. The second kappa shape index (κ2) is 7.74. The van der Waals surface area contributed by atoms with Crippen molar-refractivity contribution in [1.29, 1.82) is 0 Å². The van der Waals surface area contributed by atoms with E-state index in [2.05, 4.69) is 4.74 Å². The van der Waals surface area contributed by atoms with Crippen LogP contribution < -0.4 is 0 Å². The number of ketones is 1. The minimum Gasteiger partial charge on any atom is -0.460 e. The van der Waals surface area contributed by atoms with Crippen LogP contribution in [0.2, 0.25) is 0 Å². The first kappa shape index (κ1) is 16.3. The van der Waals surface area contributed by atoms with E-state index in [1.54, 1.807) is 6.92 Å². The fourth-order valence-electron chi connectivity index (χ4n) is 1.66. The molecule has 0 saturated carbocycles. The molecule has 6 heteroatoms. The third-order valence-electron chi connectivity index (χ3n) is 2.76. The molecule has 20 heavy (non-hydrogen) atoms. The molecule has 0 heterocycles. The molecular weight excluding hydrogens is 264 g/mol. The van der Waals surface area contributed by atoms with Crippen LogP contribution in [0.4, 0.5) is 0 Å².